The van der Waals surface area contributed by atoms with Crippen molar-refractivity contribution in [2.45, 2.75) is 13.8 Å². The SMILES string of the molecule is Cc1cc(C)cc(NCC=Cc2ccccc2)c1. The average Bonchev–Trinajstić information content (AvgIpc) is 2.35. The maximum atomic E-state index is 3.41. The second kappa shape index (κ2) is 6.06. The molecule has 0 fully saturated rings. The summed E-state index contributed by atoms with van der Waals surface area (Å²) < 4.78 is 0. The van der Waals surface area contributed by atoms with Crippen molar-refractivity contribution in [3.05, 3.63) is 71.3 Å². The van der Waals surface area contributed by atoms with Crippen LogP contribution < -0.4 is 5.32 Å². The van der Waals surface area contributed by atoms with Crippen molar-refractivity contribution in [1.29, 1.82) is 0 Å². The Morgan fingerprint density at radius 1 is 0.944 bits per heavy atom. The third-order valence-corrected chi connectivity index (χ3v) is 2.76. The fourth-order valence-corrected chi connectivity index (χ4v) is 2.01. The Balaban J connectivity index is 1.90. The summed E-state index contributed by atoms with van der Waals surface area (Å²) in [7, 11) is 0. The zero-order chi connectivity index (χ0) is 12.8. The Morgan fingerprint density at radius 3 is 2.28 bits per heavy atom. The molecule has 1 nitrogen and oxygen atoms in total. The Hall–Kier alpha value is -2.02. The number of aryl methyl sites for hydroxylation is 2. The summed E-state index contributed by atoms with van der Waals surface area (Å²) in [4.78, 5) is 0. The predicted octanol–water partition coefficient (Wildman–Crippen LogP) is 4.43. The summed E-state index contributed by atoms with van der Waals surface area (Å²) in [5, 5.41) is 3.41. The third kappa shape index (κ3) is 3.77. The lowest BCUT2D eigenvalue weighted by Crippen LogP contribution is -1.98. The molecule has 0 aliphatic heterocycles. The van der Waals surface area contributed by atoms with E-state index in [1.807, 2.05) is 6.07 Å². The highest BCUT2D eigenvalue weighted by Crippen LogP contribution is 2.13. The maximum absolute atomic E-state index is 3.41. The topological polar surface area (TPSA) is 12.0 Å². The van der Waals surface area contributed by atoms with Crippen molar-refractivity contribution in [2.24, 2.45) is 0 Å². The van der Waals surface area contributed by atoms with Crippen LogP contribution in [0.3, 0.4) is 0 Å². The Kier molecular flexibility index (Phi) is 4.19. The van der Waals surface area contributed by atoms with Gasteiger partial charge in [-0.3, -0.25) is 0 Å². The van der Waals surface area contributed by atoms with Gasteiger partial charge in [0.15, 0.2) is 0 Å². The van der Waals surface area contributed by atoms with Crippen LogP contribution in [-0.2, 0) is 0 Å². The first-order valence-corrected chi connectivity index (χ1v) is 6.28. The molecular weight excluding hydrogens is 218 g/mol. The standard InChI is InChI=1S/C17H19N/c1-14-11-15(2)13-17(12-14)18-10-6-9-16-7-4-3-5-8-16/h3-9,11-13,18H,10H2,1-2H3. The largest absolute Gasteiger partial charge is 0.382 e. The molecule has 0 aliphatic rings. The molecule has 92 valence electrons. The van der Waals surface area contributed by atoms with E-state index in [1.54, 1.807) is 0 Å². The highest BCUT2D eigenvalue weighted by atomic mass is 14.9. The molecule has 0 bridgehead atoms. The zero-order valence-corrected chi connectivity index (χ0v) is 11.0. The van der Waals surface area contributed by atoms with Crippen LogP contribution in [0, 0.1) is 13.8 Å². The van der Waals surface area contributed by atoms with Gasteiger partial charge in [0.05, 0.1) is 0 Å². The molecule has 0 unspecified atom stereocenters. The Bertz CT molecular complexity index is 506. The number of nitrogens with one attached hydrogen (secondary N) is 1. The van der Waals surface area contributed by atoms with Crippen molar-refractivity contribution in [3.63, 3.8) is 0 Å². The van der Waals surface area contributed by atoms with Gasteiger partial charge in [-0.25, -0.2) is 0 Å². The molecule has 0 atom stereocenters. The number of hydrogen-bond acceptors (Lipinski definition) is 1. The van der Waals surface area contributed by atoms with Crippen molar-refractivity contribution < 1.29 is 0 Å². The Labute approximate surface area is 109 Å². The zero-order valence-electron chi connectivity index (χ0n) is 11.0. The van der Waals surface area contributed by atoms with Gasteiger partial charge in [-0.2, -0.15) is 0 Å². The summed E-state index contributed by atoms with van der Waals surface area (Å²) in [6.07, 6.45) is 4.28. The van der Waals surface area contributed by atoms with Crippen molar-refractivity contribution in [1.82, 2.24) is 0 Å². The molecular formula is C17H19N. The molecule has 2 aromatic rings. The number of rotatable bonds is 4. The molecule has 0 saturated heterocycles. The highest BCUT2D eigenvalue weighted by Gasteiger charge is 1.93. The minimum atomic E-state index is 0.845. The van der Waals surface area contributed by atoms with Crippen LogP contribution in [0.1, 0.15) is 16.7 Å². The molecule has 2 rings (SSSR count). The first kappa shape index (κ1) is 12.4. The van der Waals surface area contributed by atoms with E-state index in [2.05, 4.69) is 73.8 Å². The van der Waals surface area contributed by atoms with Gasteiger partial charge in [-0.15, -0.1) is 0 Å². The maximum Gasteiger partial charge on any atom is 0.0347 e. The van der Waals surface area contributed by atoms with Crippen LogP contribution in [0.2, 0.25) is 0 Å². The van der Waals surface area contributed by atoms with E-state index >= 15 is 0 Å². The molecule has 1 heteroatoms. The summed E-state index contributed by atoms with van der Waals surface area (Å²) in [6.45, 7) is 5.09. The molecule has 0 saturated carbocycles. The highest BCUT2D eigenvalue weighted by molar-refractivity contribution is 5.52. The Morgan fingerprint density at radius 2 is 1.61 bits per heavy atom. The number of benzene rings is 2. The van der Waals surface area contributed by atoms with Crippen LogP contribution in [-0.4, -0.2) is 6.54 Å². The summed E-state index contributed by atoms with van der Waals surface area (Å²) in [5.41, 5.74) is 5.01. The number of anilines is 1. The van der Waals surface area contributed by atoms with Gasteiger partial charge in [-0.05, 0) is 42.7 Å². The smallest absolute Gasteiger partial charge is 0.0347 e. The number of hydrogen-bond donors (Lipinski definition) is 1. The summed E-state index contributed by atoms with van der Waals surface area (Å²) in [6, 6.07) is 16.9. The van der Waals surface area contributed by atoms with E-state index in [0.29, 0.717) is 0 Å². The minimum absolute atomic E-state index is 0.845. The van der Waals surface area contributed by atoms with Crippen LogP contribution in [0.25, 0.3) is 6.08 Å². The van der Waals surface area contributed by atoms with E-state index in [0.717, 1.165) is 6.54 Å². The predicted molar refractivity (Wildman–Crippen MR) is 79.9 cm³/mol. The minimum Gasteiger partial charge on any atom is -0.382 e. The second-order valence-electron chi connectivity index (χ2n) is 4.57. The van der Waals surface area contributed by atoms with Gasteiger partial charge in [0.2, 0.25) is 0 Å². The van der Waals surface area contributed by atoms with Gasteiger partial charge in [-0.1, -0.05) is 48.6 Å². The summed E-state index contributed by atoms with van der Waals surface area (Å²) in [5.74, 6) is 0. The van der Waals surface area contributed by atoms with E-state index in [9.17, 15) is 0 Å². The van der Waals surface area contributed by atoms with E-state index < -0.39 is 0 Å². The van der Waals surface area contributed by atoms with Gasteiger partial charge >= 0.3 is 0 Å². The van der Waals surface area contributed by atoms with Crippen molar-refractivity contribution >= 4 is 11.8 Å². The first-order chi connectivity index (χ1) is 8.74. The van der Waals surface area contributed by atoms with Crippen LogP contribution in [0.4, 0.5) is 5.69 Å². The van der Waals surface area contributed by atoms with Crippen LogP contribution in [0.15, 0.2) is 54.6 Å². The molecule has 0 aliphatic carbocycles. The van der Waals surface area contributed by atoms with Crippen LogP contribution in [0.5, 0.6) is 0 Å². The summed E-state index contributed by atoms with van der Waals surface area (Å²) >= 11 is 0. The fraction of sp³-hybridized carbons (Fsp3) is 0.176. The second-order valence-corrected chi connectivity index (χ2v) is 4.57. The van der Waals surface area contributed by atoms with Crippen molar-refractivity contribution in [3.8, 4) is 0 Å². The molecule has 0 radical (unpaired) electrons. The fourth-order valence-electron chi connectivity index (χ4n) is 2.01. The average molecular weight is 237 g/mol. The van der Waals surface area contributed by atoms with Crippen LogP contribution >= 0.6 is 0 Å². The van der Waals surface area contributed by atoms with Gasteiger partial charge in [0, 0.05) is 12.2 Å². The lowest BCUT2D eigenvalue weighted by atomic mass is 10.1. The molecule has 0 aromatic heterocycles. The third-order valence-electron chi connectivity index (χ3n) is 2.76. The molecule has 0 amide bonds. The van der Waals surface area contributed by atoms with Gasteiger partial charge in [0.25, 0.3) is 0 Å². The molecule has 2 aromatic carbocycles. The lowest BCUT2D eigenvalue weighted by molar-refractivity contribution is 1.30. The quantitative estimate of drug-likeness (QED) is 0.829. The molecule has 0 spiro atoms. The van der Waals surface area contributed by atoms with E-state index in [4.69, 9.17) is 0 Å². The molecule has 18 heavy (non-hydrogen) atoms. The van der Waals surface area contributed by atoms with E-state index in [-0.39, 0.29) is 0 Å². The molecule has 0 heterocycles. The van der Waals surface area contributed by atoms with Gasteiger partial charge in [0.1, 0.15) is 0 Å². The van der Waals surface area contributed by atoms with Gasteiger partial charge < -0.3 is 5.32 Å². The normalized spacial score (nSPS) is 10.8. The van der Waals surface area contributed by atoms with Crippen molar-refractivity contribution in [2.75, 3.05) is 11.9 Å². The molecule has 1 N–H and O–H groups in total. The van der Waals surface area contributed by atoms with E-state index in [1.165, 1.54) is 22.4 Å². The first-order valence-electron chi connectivity index (χ1n) is 6.28. The monoisotopic (exact) mass is 237 g/mol. The lowest BCUT2D eigenvalue weighted by Gasteiger charge is -2.06.